The first-order valence-corrected chi connectivity index (χ1v) is 6.74. The van der Waals surface area contributed by atoms with E-state index in [1.807, 2.05) is 13.8 Å². The fraction of sp³-hybridized carbons (Fsp3) is 0.429. The number of aromatic carboxylic acids is 1. The third-order valence-corrected chi connectivity index (χ3v) is 2.98. The van der Waals surface area contributed by atoms with Gasteiger partial charge in [0, 0.05) is 32.3 Å². The fourth-order valence-electron chi connectivity index (χ4n) is 1.76. The average Bonchev–Trinajstić information content (AvgIpc) is 2.48. The maximum Gasteiger partial charge on any atom is 0.337 e. The maximum absolute atomic E-state index is 11.8. The van der Waals surface area contributed by atoms with Crippen LogP contribution in [0.5, 0.6) is 0 Å². The predicted molar refractivity (Wildman–Crippen MR) is 76.1 cm³/mol. The van der Waals surface area contributed by atoms with Crippen molar-refractivity contribution in [1.29, 1.82) is 0 Å². The van der Waals surface area contributed by atoms with Crippen molar-refractivity contribution in [1.82, 2.24) is 15.2 Å². The van der Waals surface area contributed by atoms with E-state index >= 15 is 0 Å². The molecule has 1 rings (SSSR count). The summed E-state index contributed by atoms with van der Waals surface area (Å²) in [6.45, 7) is 5.29. The Balaban J connectivity index is 2.47. The van der Waals surface area contributed by atoms with Crippen LogP contribution in [0.3, 0.4) is 0 Å². The van der Waals surface area contributed by atoms with E-state index in [0.717, 1.165) is 6.20 Å². The summed E-state index contributed by atoms with van der Waals surface area (Å²) in [5.74, 6) is -1.55. The molecule has 21 heavy (non-hydrogen) atoms. The number of nitrogens with one attached hydrogen (secondary N) is 1. The summed E-state index contributed by atoms with van der Waals surface area (Å²) < 4.78 is 0. The molecule has 2 N–H and O–H groups in total. The Hall–Kier alpha value is -2.44. The molecule has 0 unspecified atom stereocenters. The van der Waals surface area contributed by atoms with Gasteiger partial charge in [-0.25, -0.2) is 4.79 Å². The van der Waals surface area contributed by atoms with E-state index in [2.05, 4.69) is 10.3 Å². The van der Waals surface area contributed by atoms with Crippen LogP contribution in [0.4, 0.5) is 0 Å². The van der Waals surface area contributed by atoms with E-state index in [1.165, 1.54) is 12.1 Å². The molecule has 1 aromatic rings. The van der Waals surface area contributed by atoms with Crippen LogP contribution in [0.2, 0.25) is 0 Å². The number of nitrogens with zero attached hydrogens (tertiary/aromatic N) is 2. The van der Waals surface area contributed by atoms with Gasteiger partial charge in [-0.1, -0.05) is 0 Å². The van der Waals surface area contributed by atoms with Crippen molar-refractivity contribution in [2.24, 2.45) is 0 Å². The molecule has 0 bridgehead atoms. The molecule has 7 heteroatoms. The highest BCUT2D eigenvalue weighted by molar-refractivity contribution is 5.94. The Bertz CT molecular complexity index is 509. The summed E-state index contributed by atoms with van der Waals surface area (Å²) in [6.07, 6.45) is 1.35. The first-order chi connectivity index (χ1) is 9.99. The Morgan fingerprint density at radius 1 is 1.24 bits per heavy atom. The normalized spacial score (nSPS) is 10.0. The maximum atomic E-state index is 11.8. The van der Waals surface area contributed by atoms with E-state index in [4.69, 9.17) is 5.11 Å². The Morgan fingerprint density at radius 3 is 2.38 bits per heavy atom. The van der Waals surface area contributed by atoms with Gasteiger partial charge in [0.25, 0.3) is 5.91 Å². The number of hydrogen-bond acceptors (Lipinski definition) is 4. The first kappa shape index (κ1) is 16.6. The van der Waals surface area contributed by atoms with Gasteiger partial charge in [-0.2, -0.15) is 0 Å². The molecule has 114 valence electrons. The number of pyridine rings is 1. The molecular weight excluding hydrogens is 274 g/mol. The van der Waals surface area contributed by atoms with Crippen molar-refractivity contribution < 1.29 is 19.5 Å². The zero-order chi connectivity index (χ0) is 15.8. The summed E-state index contributed by atoms with van der Waals surface area (Å²) in [4.78, 5) is 39.6. The lowest BCUT2D eigenvalue weighted by molar-refractivity contribution is -0.130. The zero-order valence-electron chi connectivity index (χ0n) is 12.1. The minimum absolute atomic E-state index is 0.0169. The second-order valence-corrected chi connectivity index (χ2v) is 4.31. The van der Waals surface area contributed by atoms with Crippen molar-refractivity contribution in [2.75, 3.05) is 19.6 Å². The number of hydrogen-bond donors (Lipinski definition) is 2. The third-order valence-electron chi connectivity index (χ3n) is 2.98. The molecule has 0 radical (unpaired) electrons. The number of carboxylic acids is 1. The van der Waals surface area contributed by atoms with Crippen LogP contribution >= 0.6 is 0 Å². The van der Waals surface area contributed by atoms with E-state index in [1.54, 1.807) is 4.90 Å². The van der Waals surface area contributed by atoms with Crippen LogP contribution in [0.15, 0.2) is 18.3 Å². The average molecular weight is 293 g/mol. The summed E-state index contributed by atoms with van der Waals surface area (Å²) >= 11 is 0. The zero-order valence-corrected chi connectivity index (χ0v) is 12.1. The highest BCUT2D eigenvalue weighted by atomic mass is 16.4. The molecule has 7 nitrogen and oxygen atoms in total. The quantitative estimate of drug-likeness (QED) is 0.773. The smallest absolute Gasteiger partial charge is 0.337 e. The van der Waals surface area contributed by atoms with E-state index in [0.29, 0.717) is 13.1 Å². The molecule has 0 saturated heterocycles. The van der Waals surface area contributed by atoms with Crippen molar-refractivity contribution >= 4 is 17.8 Å². The van der Waals surface area contributed by atoms with Crippen molar-refractivity contribution in [2.45, 2.75) is 20.3 Å². The highest BCUT2D eigenvalue weighted by Crippen LogP contribution is 2.00. The van der Waals surface area contributed by atoms with Gasteiger partial charge >= 0.3 is 5.97 Å². The Morgan fingerprint density at radius 2 is 1.90 bits per heavy atom. The van der Waals surface area contributed by atoms with Gasteiger partial charge in [-0.05, 0) is 26.0 Å². The molecule has 0 saturated carbocycles. The summed E-state index contributed by atoms with van der Waals surface area (Å²) in [5, 5.41) is 11.3. The van der Waals surface area contributed by atoms with Crippen LogP contribution in [0.25, 0.3) is 0 Å². The molecule has 1 aromatic heterocycles. The van der Waals surface area contributed by atoms with Crippen LogP contribution in [0.1, 0.15) is 41.1 Å². The molecule has 0 aromatic carbocycles. The molecule has 0 spiro atoms. The van der Waals surface area contributed by atoms with Crippen molar-refractivity contribution in [3.63, 3.8) is 0 Å². The fourth-order valence-corrected chi connectivity index (χ4v) is 1.76. The molecule has 0 aliphatic heterocycles. The second-order valence-electron chi connectivity index (χ2n) is 4.31. The summed E-state index contributed by atoms with van der Waals surface area (Å²) in [5.41, 5.74) is 0.138. The molecule has 2 amide bonds. The monoisotopic (exact) mass is 293 g/mol. The topological polar surface area (TPSA) is 99.6 Å². The Kier molecular flexibility index (Phi) is 6.32. The van der Waals surface area contributed by atoms with E-state index in [9.17, 15) is 14.4 Å². The molecular formula is C14H19N3O4. The summed E-state index contributed by atoms with van der Waals surface area (Å²) in [6, 6.07) is 2.65. The minimum atomic E-state index is -1.10. The molecule has 0 atom stereocenters. The minimum Gasteiger partial charge on any atom is -0.478 e. The standard InChI is InChI=1S/C14H19N3O4/c1-3-17(4-2)12(18)7-8-15-13(19)11-6-5-10(9-16-11)14(20)21/h5-6,9H,3-4,7-8H2,1-2H3,(H,15,19)(H,20,21). The summed E-state index contributed by atoms with van der Waals surface area (Å²) in [7, 11) is 0. The lowest BCUT2D eigenvalue weighted by atomic mass is 10.2. The van der Waals surface area contributed by atoms with Gasteiger partial charge in [0.05, 0.1) is 5.56 Å². The van der Waals surface area contributed by atoms with Crippen molar-refractivity contribution in [3.8, 4) is 0 Å². The largest absolute Gasteiger partial charge is 0.478 e. The van der Waals surface area contributed by atoms with E-state index < -0.39 is 11.9 Å². The molecule has 0 aliphatic rings. The Labute approximate surface area is 123 Å². The number of rotatable bonds is 7. The number of carbonyl (C=O) groups excluding carboxylic acids is 2. The second kappa shape index (κ2) is 7.98. The van der Waals surface area contributed by atoms with Gasteiger partial charge < -0.3 is 15.3 Å². The van der Waals surface area contributed by atoms with E-state index in [-0.39, 0.29) is 30.1 Å². The first-order valence-electron chi connectivity index (χ1n) is 6.74. The molecule has 0 aliphatic carbocycles. The number of aromatic nitrogens is 1. The number of amides is 2. The number of carboxylic acid groups (broad SMARTS) is 1. The molecule has 0 fully saturated rings. The van der Waals surface area contributed by atoms with Crippen LogP contribution in [0, 0.1) is 0 Å². The van der Waals surface area contributed by atoms with Gasteiger partial charge in [0.15, 0.2) is 0 Å². The van der Waals surface area contributed by atoms with Crippen LogP contribution < -0.4 is 5.32 Å². The van der Waals surface area contributed by atoms with Gasteiger partial charge in [0.2, 0.25) is 5.91 Å². The van der Waals surface area contributed by atoms with Gasteiger partial charge in [0.1, 0.15) is 5.69 Å². The third kappa shape index (κ3) is 4.87. The predicted octanol–water partition coefficient (Wildman–Crippen LogP) is 0.768. The van der Waals surface area contributed by atoms with Gasteiger partial charge in [-0.15, -0.1) is 0 Å². The van der Waals surface area contributed by atoms with Crippen molar-refractivity contribution in [3.05, 3.63) is 29.6 Å². The lowest BCUT2D eigenvalue weighted by Gasteiger charge is -2.18. The number of carbonyl (C=O) groups is 3. The van der Waals surface area contributed by atoms with Gasteiger partial charge in [-0.3, -0.25) is 14.6 Å². The highest BCUT2D eigenvalue weighted by Gasteiger charge is 2.12. The van der Waals surface area contributed by atoms with Crippen LogP contribution in [-0.4, -0.2) is 52.4 Å². The SMILES string of the molecule is CCN(CC)C(=O)CCNC(=O)c1ccc(C(=O)O)cn1. The van der Waals surface area contributed by atoms with Crippen LogP contribution in [-0.2, 0) is 4.79 Å². The lowest BCUT2D eigenvalue weighted by Crippen LogP contribution is -2.34. The molecule has 1 heterocycles.